The molecule has 1 aliphatic heterocycles. The number of urea groups is 1. The molecule has 1 fully saturated rings. The van der Waals surface area contributed by atoms with Crippen LogP contribution in [0.4, 0.5) is 4.79 Å². The number of nitrogens with one attached hydrogen (secondary N) is 2. The predicted molar refractivity (Wildman–Crippen MR) is 67.3 cm³/mol. The van der Waals surface area contributed by atoms with Gasteiger partial charge in [0.1, 0.15) is 0 Å². The molecular formula is C11H20N2O3S. The van der Waals surface area contributed by atoms with Gasteiger partial charge in [-0.05, 0) is 19.3 Å². The van der Waals surface area contributed by atoms with Crippen LogP contribution >= 0.6 is 0 Å². The average molecular weight is 260 g/mol. The highest BCUT2D eigenvalue weighted by atomic mass is 32.2. The van der Waals surface area contributed by atoms with E-state index in [1.807, 2.05) is 20.8 Å². The van der Waals surface area contributed by atoms with Crippen molar-refractivity contribution in [2.45, 2.75) is 33.2 Å². The van der Waals surface area contributed by atoms with Gasteiger partial charge in [0.05, 0.1) is 11.5 Å². The molecule has 6 heteroatoms. The number of carbonyl (C=O) groups is 1. The van der Waals surface area contributed by atoms with Crippen LogP contribution in [0.3, 0.4) is 0 Å². The van der Waals surface area contributed by atoms with Crippen molar-refractivity contribution in [1.29, 1.82) is 0 Å². The van der Waals surface area contributed by atoms with E-state index in [0.717, 1.165) is 5.57 Å². The molecule has 0 aromatic carbocycles. The summed E-state index contributed by atoms with van der Waals surface area (Å²) in [5, 5.41) is 5.27. The zero-order chi connectivity index (χ0) is 13.1. The summed E-state index contributed by atoms with van der Waals surface area (Å²) in [5.41, 5.74) is 1.07. The van der Waals surface area contributed by atoms with E-state index >= 15 is 0 Å². The van der Waals surface area contributed by atoms with Crippen molar-refractivity contribution in [3.05, 3.63) is 11.8 Å². The largest absolute Gasteiger partial charge is 0.334 e. The lowest BCUT2D eigenvalue weighted by molar-refractivity contribution is 0.241. The first-order valence-electron chi connectivity index (χ1n) is 5.74. The molecule has 5 nitrogen and oxygen atoms in total. The molecule has 0 aromatic rings. The Kier molecular flexibility index (Phi) is 4.56. The first-order chi connectivity index (χ1) is 7.80. The topological polar surface area (TPSA) is 75.3 Å². The van der Waals surface area contributed by atoms with Crippen LogP contribution in [0, 0.1) is 5.92 Å². The maximum atomic E-state index is 11.5. The second-order valence-electron chi connectivity index (χ2n) is 4.76. The highest BCUT2D eigenvalue weighted by molar-refractivity contribution is 7.91. The lowest BCUT2D eigenvalue weighted by Gasteiger charge is -2.11. The quantitative estimate of drug-likeness (QED) is 0.796. The molecule has 17 heavy (non-hydrogen) atoms. The van der Waals surface area contributed by atoms with E-state index in [1.54, 1.807) is 6.20 Å². The maximum absolute atomic E-state index is 11.5. The number of hydrogen-bond donors (Lipinski definition) is 2. The van der Waals surface area contributed by atoms with Gasteiger partial charge >= 0.3 is 6.03 Å². The SMILES string of the molecule is C/C(=C\NC(=O)NC1CCS(=O)(=O)C1)C(C)C. The fraction of sp³-hybridized carbons (Fsp3) is 0.727. The number of amides is 2. The molecule has 0 spiro atoms. The molecule has 1 heterocycles. The maximum Gasteiger partial charge on any atom is 0.319 e. The van der Waals surface area contributed by atoms with Crippen molar-refractivity contribution in [3.8, 4) is 0 Å². The van der Waals surface area contributed by atoms with Crippen LogP contribution in [-0.4, -0.2) is 32.0 Å². The van der Waals surface area contributed by atoms with Gasteiger partial charge in [-0.2, -0.15) is 0 Å². The fourth-order valence-corrected chi connectivity index (χ4v) is 3.16. The smallest absolute Gasteiger partial charge is 0.319 e. The molecule has 0 aliphatic carbocycles. The van der Waals surface area contributed by atoms with Crippen LogP contribution < -0.4 is 10.6 Å². The number of rotatable bonds is 3. The van der Waals surface area contributed by atoms with Crippen molar-refractivity contribution < 1.29 is 13.2 Å². The van der Waals surface area contributed by atoms with Gasteiger partial charge in [0.15, 0.2) is 9.84 Å². The fourth-order valence-electron chi connectivity index (χ4n) is 1.48. The van der Waals surface area contributed by atoms with Crippen LogP contribution in [0.25, 0.3) is 0 Å². The second-order valence-corrected chi connectivity index (χ2v) is 6.99. The summed E-state index contributed by atoms with van der Waals surface area (Å²) in [7, 11) is -2.94. The predicted octanol–water partition coefficient (Wildman–Crippen LogP) is 1.03. The standard InChI is InChI=1S/C11H20N2O3S/c1-8(2)9(3)6-12-11(14)13-10-4-5-17(15,16)7-10/h6,8,10H,4-5,7H2,1-3H3,(H2,12,13,14)/b9-6+. The molecule has 1 atom stereocenters. The summed E-state index contributed by atoms with van der Waals surface area (Å²) >= 11 is 0. The van der Waals surface area contributed by atoms with Crippen molar-refractivity contribution in [2.75, 3.05) is 11.5 Å². The Morgan fingerprint density at radius 1 is 1.41 bits per heavy atom. The van der Waals surface area contributed by atoms with Crippen LogP contribution in [0.2, 0.25) is 0 Å². The minimum Gasteiger partial charge on any atom is -0.334 e. The monoisotopic (exact) mass is 260 g/mol. The van der Waals surface area contributed by atoms with Crippen molar-refractivity contribution in [3.63, 3.8) is 0 Å². The Labute approximate surface area is 103 Å². The Balaban J connectivity index is 2.39. The summed E-state index contributed by atoms with van der Waals surface area (Å²) in [6.07, 6.45) is 2.16. The molecule has 1 rings (SSSR count). The van der Waals surface area contributed by atoms with E-state index in [4.69, 9.17) is 0 Å². The average Bonchev–Trinajstić information content (AvgIpc) is 2.54. The molecule has 0 aromatic heterocycles. The van der Waals surface area contributed by atoms with E-state index in [9.17, 15) is 13.2 Å². The lowest BCUT2D eigenvalue weighted by Crippen LogP contribution is -2.40. The summed E-state index contributed by atoms with van der Waals surface area (Å²) in [6, 6.07) is -0.597. The lowest BCUT2D eigenvalue weighted by atomic mass is 10.1. The third-order valence-corrected chi connectivity index (χ3v) is 4.68. The normalized spacial score (nSPS) is 23.8. The van der Waals surface area contributed by atoms with Gasteiger partial charge in [-0.1, -0.05) is 19.4 Å². The van der Waals surface area contributed by atoms with Gasteiger partial charge in [-0.15, -0.1) is 0 Å². The zero-order valence-corrected chi connectivity index (χ0v) is 11.3. The van der Waals surface area contributed by atoms with Crippen LogP contribution in [0.1, 0.15) is 27.2 Å². The van der Waals surface area contributed by atoms with Crippen LogP contribution in [0.5, 0.6) is 0 Å². The molecular weight excluding hydrogens is 240 g/mol. The molecule has 2 N–H and O–H groups in total. The van der Waals surface area contributed by atoms with E-state index in [2.05, 4.69) is 10.6 Å². The molecule has 2 amide bonds. The highest BCUT2D eigenvalue weighted by Gasteiger charge is 2.28. The Bertz CT molecular complexity index is 412. The zero-order valence-electron chi connectivity index (χ0n) is 10.5. The molecule has 1 aliphatic rings. The molecule has 0 bridgehead atoms. The summed E-state index contributed by atoms with van der Waals surface area (Å²) < 4.78 is 22.4. The highest BCUT2D eigenvalue weighted by Crippen LogP contribution is 2.11. The van der Waals surface area contributed by atoms with Crippen molar-refractivity contribution in [2.24, 2.45) is 5.92 Å². The summed E-state index contributed by atoms with van der Waals surface area (Å²) in [4.78, 5) is 11.5. The van der Waals surface area contributed by atoms with Crippen LogP contribution in [-0.2, 0) is 9.84 Å². The number of allylic oxidation sites excluding steroid dienone is 1. The van der Waals surface area contributed by atoms with Gasteiger partial charge in [0.25, 0.3) is 0 Å². The number of hydrogen-bond acceptors (Lipinski definition) is 3. The van der Waals surface area contributed by atoms with E-state index in [-0.39, 0.29) is 23.6 Å². The summed E-state index contributed by atoms with van der Waals surface area (Å²) in [5.74, 6) is 0.591. The van der Waals surface area contributed by atoms with Gasteiger partial charge in [-0.3, -0.25) is 0 Å². The third kappa shape index (κ3) is 4.77. The first-order valence-corrected chi connectivity index (χ1v) is 7.56. The van der Waals surface area contributed by atoms with E-state index in [1.165, 1.54) is 0 Å². The Morgan fingerprint density at radius 2 is 2.06 bits per heavy atom. The van der Waals surface area contributed by atoms with Gasteiger partial charge in [0.2, 0.25) is 0 Å². The molecule has 98 valence electrons. The molecule has 0 saturated carbocycles. The third-order valence-electron chi connectivity index (χ3n) is 2.91. The van der Waals surface area contributed by atoms with Crippen molar-refractivity contribution in [1.82, 2.24) is 10.6 Å². The number of carbonyl (C=O) groups excluding carboxylic acids is 1. The van der Waals surface area contributed by atoms with E-state index in [0.29, 0.717) is 12.3 Å². The van der Waals surface area contributed by atoms with Gasteiger partial charge in [-0.25, -0.2) is 13.2 Å². The second kappa shape index (κ2) is 5.53. The van der Waals surface area contributed by atoms with E-state index < -0.39 is 9.84 Å². The number of sulfone groups is 1. The summed E-state index contributed by atoms with van der Waals surface area (Å²) in [6.45, 7) is 6.01. The minimum atomic E-state index is -2.94. The Hall–Kier alpha value is -1.04. The molecule has 1 unspecified atom stereocenters. The van der Waals surface area contributed by atoms with Crippen molar-refractivity contribution >= 4 is 15.9 Å². The minimum absolute atomic E-state index is 0.0489. The van der Waals surface area contributed by atoms with Crippen LogP contribution in [0.15, 0.2) is 11.8 Å². The first kappa shape index (κ1) is 14.0. The van der Waals surface area contributed by atoms with Gasteiger partial charge < -0.3 is 10.6 Å². The molecule has 0 radical (unpaired) electrons. The molecule has 1 saturated heterocycles. The Morgan fingerprint density at radius 3 is 2.53 bits per heavy atom. The van der Waals surface area contributed by atoms with Gasteiger partial charge in [0, 0.05) is 12.2 Å².